The first kappa shape index (κ1) is 11.3. The van der Waals surface area contributed by atoms with Gasteiger partial charge in [0.15, 0.2) is 6.23 Å². The van der Waals surface area contributed by atoms with E-state index in [1.165, 1.54) is 11.1 Å². The third kappa shape index (κ3) is 1.54. The van der Waals surface area contributed by atoms with Crippen LogP contribution in [-0.4, -0.2) is 12.2 Å². The van der Waals surface area contributed by atoms with Crippen molar-refractivity contribution in [3.05, 3.63) is 41.5 Å². The molecule has 1 saturated heterocycles. The smallest absolute Gasteiger partial charge is 0.308 e. The van der Waals surface area contributed by atoms with E-state index in [0.717, 1.165) is 12.1 Å². The fraction of sp³-hybridized carbons (Fsp3) is 0.400. The molecule has 2 heterocycles. The number of nitrogens with one attached hydrogen (secondary N) is 1. The molecule has 0 aliphatic carbocycles. The zero-order valence-electron chi connectivity index (χ0n) is 10.7. The first-order valence-electron chi connectivity index (χ1n) is 6.31. The lowest BCUT2D eigenvalue weighted by molar-refractivity contribution is -0.140. The minimum Gasteiger partial charge on any atom is -0.441 e. The molecular formula is C15H17NO2. The number of esters is 1. The number of anilines is 1. The van der Waals surface area contributed by atoms with E-state index in [4.69, 9.17) is 4.74 Å². The molecule has 1 N–H and O–H groups in total. The van der Waals surface area contributed by atoms with Crippen LogP contribution in [0.5, 0.6) is 0 Å². The summed E-state index contributed by atoms with van der Waals surface area (Å²) in [5, 5.41) is 3.32. The molecule has 3 nitrogen and oxygen atoms in total. The van der Waals surface area contributed by atoms with Gasteiger partial charge < -0.3 is 10.1 Å². The van der Waals surface area contributed by atoms with Gasteiger partial charge in [0.2, 0.25) is 0 Å². The van der Waals surface area contributed by atoms with Crippen LogP contribution in [0.15, 0.2) is 35.9 Å². The van der Waals surface area contributed by atoms with Crippen LogP contribution in [0.3, 0.4) is 0 Å². The van der Waals surface area contributed by atoms with Crippen molar-refractivity contribution in [1.29, 1.82) is 0 Å². The number of para-hydroxylation sites is 1. The van der Waals surface area contributed by atoms with Crippen molar-refractivity contribution in [2.75, 3.05) is 5.32 Å². The van der Waals surface area contributed by atoms with Gasteiger partial charge in [-0.3, -0.25) is 4.79 Å². The maximum atomic E-state index is 11.6. The Balaban J connectivity index is 2.06. The predicted octanol–water partition coefficient (Wildman–Crippen LogP) is 2.98. The molecule has 0 aromatic heterocycles. The number of fused-ring (bicyclic) bond motifs is 3. The van der Waals surface area contributed by atoms with Gasteiger partial charge in [-0.15, -0.1) is 0 Å². The van der Waals surface area contributed by atoms with Crippen LogP contribution in [0.25, 0.3) is 0 Å². The van der Waals surface area contributed by atoms with E-state index in [-0.39, 0.29) is 17.6 Å². The first-order chi connectivity index (χ1) is 8.62. The summed E-state index contributed by atoms with van der Waals surface area (Å²) >= 11 is 0. The lowest BCUT2D eigenvalue weighted by Crippen LogP contribution is -2.34. The predicted molar refractivity (Wildman–Crippen MR) is 70.3 cm³/mol. The summed E-state index contributed by atoms with van der Waals surface area (Å²) in [4.78, 5) is 11.6. The molecule has 0 radical (unpaired) electrons. The fourth-order valence-electron chi connectivity index (χ4n) is 2.90. The van der Waals surface area contributed by atoms with Crippen molar-refractivity contribution >= 4 is 11.7 Å². The highest BCUT2D eigenvalue weighted by atomic mass is 16.6. The molecule has 94 valence electrons. The molecule has 3 rings (SSSR count). The standard InChI is InChI=1S/C15H17NO2/c1-10(2)7-8-15-9-13(17)18-14(15)16-12-6-4-3-5-11(12)15/h3-7,14,16H,8-9H2,1-2H3/t14-,15-/m0/s1. The molecule has 0 unspecified atom stereocenters. The molecule has 0 saturated carbocycles. The Morgan fingerprint density at radius 3 is 3.06 bits per heavy atom. The molecular weight excluding hydrogens is 226 g/mol. The molecule has 0 bridgehead atoms. The number of rotatable bonds is 2. The Bertz CT molecular complexity index is 531. The number of hydrogen-bond acceptors (Lipinski definition) is 3. The molecule has 1 aromatic carbocycles. The third-order valence-electron chi connectivity index (χ3n) is 3.84. The fourth-order valence-corrected chi connectivity index (χ4v) is 2.90. The van der Waals surface area contributed by atoms with Crippen molar-refractivity contribution in [3.8, 4) is 0 Å². The molecule has 1 aromatic rings. The second kappa shape index (κ2) is 3.87. The van der Waals surface area contributed by atoms with Gasteiger partial charge >= 0.3 is 5.97 Å². The van der Waals surface area contributed by atoms with Gasteiger partial charge in [-0.05, 0) is 31.9 Å². The number of ether oxygens (including phenoxy) is 1. The Hall–Kier alpha value is -1.77. The van der Waals surface area contributed by atoms with Crippen molar-refractivity contribution in [3.63, 3.8) is 0 Å². The Morgan fingerprint density at radius 1 is 1.50 bits per heavy atom. The summed E-state index contributed by atoms with van der Waals surface area (Å²) in [6.45, 7) is 4.16. The molecule has 3 heteroatoms. The quantitative estimate of drug-likeness (QED) is 0.641. The molecule has 0 amide bonds. The monoisotopic (exact) mass is 243 g/mol. The molecule has 1 fully saturated rings. The zero-order chi connectivity index (χ0) is 12.8. The van der Waals surface area contributed by atoms with Crippen LogP contribution >= 0.6 is 0 Å². The van der Waals surface area contributed by atoms with E-state index in [0.29, 0.717) is 6.42 Å². The highest BCUT2D eigenvalue weighted by Crippen LogP contribution is 2.50. The number of allylic oxidation sites excluding steroid dienone is 2. The zero-order valence-corrected chi connectivity index (χ0v) is 10.7. The van der Waals surface area contributed by atoms with Gasteiger partial charge in [0, 0.05) is 5.69 Å². The summed E-state index contributed by atoms with van der Waals surface area (Å²) < 4.78 is 5.42. The minimum absolute atomic E-state index is 0.107. The van der Waals surface area contributed by atoms with Gasteiger partial charge in [0.25, 0.3) is 0 Å². The van der Waals surface area contributed by atoms with E-state index >= 15 is 0 Å². The van der Waals surface area contributed by atoms with Gasteiger partial charge in [-0.25, -0.2) is 0 Å². The molecule has 0 spiro atoms. The van der Waals surface area contributed by atoms with E-state index in [1.807, 2.05) is 18.2 Å². The van der Waals surface area contributed by atoms with Crippen molar-refractivity contribution in [1.82, 2.24) is 0 Å². The topological polar surface area (TPSA) is 38.3 Å². The van der Waals surface area contributed by atoms with Gasteiger partial charge in [0.1, 0.15) is 0 Å². The summed E-state index contributed by atoms with van der Waals surface area (Å²) in [5.74, 6) is -0.107. The first-order valence-corrected chi connectivity index (χ1v) is 6.31. The summed E-state index contributed by atoms with van der Waals surface area (Å²) in [6.07, 6.45) is 3.29. The Morgan fingerprint density at radius 2 is 2.28 bits per heavy atom. The van der Waals surface area contributed by atoms with E-state index in [2.05, 4.69) is 31.3 Å². The summed E-state index contributed by atoms with van der Waals surface area (Å²) in [5.41, 5.74) is 3.35. The SMILES string of the molecule is CC(C)=CC[C@@]12CC(=O)O[C@@H]1Nc1ccccc12. The average Bonchev–Trinajstić information content (AvgIpc) is 2.78. The maximum absolute atomic E-state index is 11.6. The van der Waals surface area contributed by atoms with Crippen molar-refractivity contribution < 1.29 is 9.53 Å². The minimum atomic E-state index is -0.217. The molecule has 2 aliphatic rings. The number of carbonyl (C=O) groups is 1. The highest BCUT2D eigenvalue weighted by molar-refractivity contribution is 5.79. The third-order valence-corrected chi connectivity index (χ3v) is 3.84. The van der Waals surface area contributed by atoms with Crippen LogP contribution in [0.2, 0.25) is 0 Å². The Labute approximate surface area is 107 Å². The highest BCUT2D eigenvalue weighted by Gasteiger charge is 2.54. The summed E-state index contributed by atoms with van der Waals surface area (Å²) in [7, 11) is 0. The summed E-state index contributed by atoms with van der Waals surface area (Å²) in [6, 6.07) is 8.17. The van der Waals surface area contributed by atoms with E-state index in [1.54, 1.807) is 0 Å². The van der Waals surface area contributed by atoms with Crippen molar-refractivity contribution in [2.24, 2.45) is 0 Å². The van der Waals surface area contributed by atoms with Crippen LogP contribution in [0.4, 0.5) is 5.69 Å². The number of benzene rings is 1. The Kier molecular flexibility index (Phi) is 2.44. The number of carbonyl (C=O) groups excluding carboxylic acids is 1. The van der Waals surface area contributed by atoms with Gasteiger partial charge in [-0.1, -0.05) is 29.8 Å². The average molecular weight is 243 g/mol. The van der Waals surface area contributed by atoms with E-state index < -0.39 is 0 Å². The van der Waals surface area contributed by atoms with Crippen LogP contribution in [0, 0.1) is 0 Å². The second-order valence-electron chi connectivity index (χ2n) is 5.38. The van der Waals surface area contributed by atoms with Crippen LogP contribution in [-0.2, 0) is 14.9 Å². The molecule has 18 heavy (non-hydrogen) atoms. The lowest BCUT2D eigenvalue weighted by atomic mass is 9.76. The normalized spacial score (nSPS) is 28.1. The lowest BCUT2D eigenvalue weighted by Gasteiger charge is -2.25. The van der Waals surface area contributed by atoms with E-state index in [9.17, 15) is 4.79 Å². The van der Waals surface area contributed by atoms with Crippen LogP contribution < -0.4 is 5.32 Å². The van der Waals surface area contributed by atoms with Gasteiger partial charge in [0.05, 0.1) is 11.8 Å². The largest absolute Gasteiger partial charge is 0.441 e. The number of hydrogen-bond donors (Lipinski definition) is 1. The van der Waals surface area contributed by atoms with Crippen LogP contribution in [0.1, 0.15) is 32.3 Å². The second-order valence-corrected chi connectivity index (χ2v) is 5.38. The van der Waals surface area contributed by atoms with Gasteiger partial charge in [-0.2, -0.15) is 0 Å². The maximum Gasteiger partial charge on any atom is 0.308 e. The van der Waals surface area contributed by atoms with Crippen molar-refractivity contribution in [2.45, 2.75) is 38.3 Å². The molecule has 2 aliphatic heterocycles. The molecule has 2 atom stereocenters.